The van der Waals surface area contributed by atoms with Crippen LogP contribution in [-0.2, 0) is 0 Å². The van der Waals surface area contributed by atoms with Crippen LogP contribution in [0.25, 0.3) is 0 Å². The van der Waals surface area contributed by atoms with E-state index in [-0.39, 0.29) is 12.1 Å². The highest BCUT2D eigenvalue weighted by molar-refractivity contribution is 6.04. The van der Waals surface area contributed by atoms with Crippen LogP contribution in [-0.4, -0.2) is 17.4 Å². The number of nitrogens with two attached hydrogens (primary N) is 1. The van der Waals surface area contributed by atoms with Crippen molar-refractivity contribution in [1.82, 2.24) is 4.98 Å². The molecule has 0 aliphatic rings. The van der Waals surface area contributed by atoms with Gasteiger partial charge in [-0.05, 0) is 36.8 Å². The summed E-state index contributed by atoms with van der Waals surface area (Å²) in [5, 5.41) is 2.55. The van der Waals surface area contributed by atoms with Gasteiger partial charge in [-0.25, -0.2) is 9.37 Å². The van der Waals surface area contributed by atoms with Gasteiger partial charge in [0.05, 0.1) is 12.1 Å². The molecule has 0 saturated carbocycles. The zero-order valence-electron chi connectivity index (χ0n) is 11.5. The highest BCUT2D eigenvalue weighted by Crippen LogP contribution is 2.13. The smallest absolute Gasteiger partial charge is 0.259 e. The van der Waals surface area contributed by atoms with E-state index in [0.717, 1.165) is 5.56 Å². The zero-order chi connectivity index (χ0) is 15.2. The number of carbonyl (C=O) groups excluding carboxylic acids is 1. The van der Waals surface area contributed by atoms with Gasteiger partial charge in [-0.2, -0.15) is 0 Å². The van der Waals surface area contributed by atoms with Crippen molar-refractivity contribution in [2.45, 2.75) is 6.92 Å². The van der Waals surface area contributed by atoms with Crippen molar-refractivity contribution in [3.8, 4) is 11.8 Å². The van der Waals surface area contributed by atoms with Gasteiger partial charge in [0.15, 0.2) is 0 Å². The lowest BCUT2D eigenvalue weighted by atomic mass is 10.1. The zero-order valence-corrected chi connectivity index (χ0v) is 11.5. The summed E-state index contributed by atoms with van der Waals surface area (Å²) in [5.41, 5.74) is 6.70. The third-order valence-electron chi connectivity index (χ3n) is 2.71. The molecule has 1 amide bonds. The molecule has 0 bridgehead atoms. The van der Waals surface area contributed by atoms with E-state index in [2.05, 4.69) is 22.1 Å². The summed E-state index contributed by atoms with van der Waals surface area (Å²) in [6.07, 6.45) is 1.52. The van der Waals surface area contributed by atoms with Gasteiger partial charge in [-0.3, -0.25) is 4.79 Å². The van der Waals surface area contributed by atoms with Crippen LogP contribution in [0.4, 0.5) is 10.2 Å². The number of hydrogen-bond acceptors (Lipinski definition) is 3. The number of aromatic nitrogens is 1. The molecule has 0 spiro atoms. The number of amides is 1. The number of nitrogens with one attached hydrogen (secondary N) is 1. The van der Waals surface area contributed by atoms with E-state index in [0.29, 0.717) is 11.4 Å². The Balaban J connectivity index is 2.19. The van der Waals surface area contributed by atoms with E-state index in [1.54, 1.807) is 25.1 Å². The Hall–Kier alpha value is -2.71. The lowest BCUT2D eigenvalue weighted by molar-refractivity contribution is 0.102. The number of anilines is 1. The van der Waals surface area contributed by atoms with Crippen LogP contribution in [0.5, 0.6) is 0 Å². The first-order valence-corrected chi connectivity index (χ1v) is 6.32. The minimum Gasteiger partial charge on any atom is -0.320 e. The van der Waals surface area contributed by atoms with E-state index in [9.17, 15) is 9.18 Å². The maximum atomic E-state index is 13.7. The van der Waals surface area contributed by atoms with Crippen molar-refractivity contribution in [2.24, 2.45) is 5.73 Å². The van der Waals surface area contributed by atoms with Crippen molar-refractivity contribution < 1.29 is 9.18 Å². The van der Waals surface area contributed by atoms with Crippen LogP contribution < -0.4 is 11.1 Å². The van der Waals surface area contributed by atoms with E-state index in [4.69, 9.17) is 5.73 Å². The predicted molar refractivity (Wildman–Crippen MR) is 79.3 cm³/mol. The summed E-state index contributed by atoms with van der Waals surface area (Å²) in [6, 6.07) is 7.73. The van der Waals surface area contributed by atoms with E-state index in [1.807, 2.05) is 0 Å². The van der Waals surface area contributed by atoms with Gasteiger partial charge in [0.2, 0.25) is 0 Å². The predicted octanol–water partition coefficient (Wildman–Crippen LogP) is 2.09. The molecule has 2 aromatic rings. The molecule has 0 saturated heterocycles. The number of aryl methyl sites for hydroxylation is 1. The van der Waals surface area contributed by atoms with Crippen LogP contribution in [0.1, 0.15) is 21.5 Å². The molecule has 4 nitrogen and oxygen atoms in total. The van der Waals surface area contributed by atoms with Gasteiger partial charge in [-0.1, -0.05) is 17.9 Å². The van der Waals surface area contributed by atoms with Crippen LogP contribution in [0.3, 0.4) is 0 Å². The summed E-state index contributed by atoms with van der Waals surface area (Å²) in [4.78, 5) is 16.0. The number of carbonyl (C=O) groups is 1. The number of rotatable bonds is 2. The van der Waals surface area contributed by atoms with Crippen molar-refractivity contribution in [3.63, 3.8) is 0 Å². The molecular weight excluding hydrogens is 269 g/mol. The number of halogens is 1. The molecule has 0 radical (unpaired) electrons. The second-order valence-corrected chi connectivity index (χ2v) is 4.37. The molecule has 5 heteroatoms. The third kappa shape index (κ3) is 3.88. The van der Waals surface area contributed by atoms with Crippen LogP contribution >= 0.6 is 0 Å². The molecule has 0 aliphatic heterocycles. The van der Waals surface area contributed by atoms with Crippen LogP contribution in [0.15, 0.2) is 36.5 Å². The third-order valence-corrected chi connectivity index (χ3v) is 2.71. The summed E-state index contributed by atoms with van der Waals surface area (Å²) in [7, 11) is 0. The standard InChI is InChI=1S/C16H14FN3O/c1-11-4-5-13(14(17)9-11)16(21)20-15-10-12(3-2-7-18)6-8-19-15/h4-6,8-10H,7,18H2,1H3,(H,19,20,21). The van der Waals surface area contributed by atoms with Crippen molar-refractivity contribution in [1.29, 1.82) is 0 Å². The van der Waals surface area contributed by atoms with Crippen LogP contribution in [0.2, 0.25) is 0 Å². The van der Waals surface area contributed by atoms with Gasteiger partial charge in [-0.15, -0.1) is 0 Å². The normalized spacial score (nSPS) is 9.67. The second-order valence-electron chi connectivity index (χ2n) is 4.37. The summed E-state index contributed by atoms with van der Waals surface area (Å²) >= 11 is 0. The number of hydrogen-bond donors (Lipinski definition) is 2. The second kappa shape index (κ2) is 6.64. The SMILES string of the molecule is Cc1ccc(C(=O)Nc2cc(C#CCN)ccn2)c(F)c1. The molecule has 21 heavy (non-hydrogen) atoms. The number of benzene rings is 1. The lowest BCUT2D eigenvalue weighted by Gasteiger charge is -2.06. The fourth-order valence-corrected chi connectivity index (χ4v) is 1.72. The fourth-order valence-electron chi connectivity index (χ4n) is 1.72. The molecule has 106 valence electrons. The Kier molecular flexibility index (Phi) is 4.64. The largest absolute Gasteiger partial charge is 0.320 e. The van der Waals surface area contributed by atoms with E-state index >= 15 is 0 Å². The minimum absolute atomic E-state index is 0.0270. The summed E-state index contributed by atoms with van der Waals surface area (Å²) in [6.45, 7) is 2.00. The Labute approximate surface area is 122 Å². The highest BCUT2D eigenvalue weighted by atomic mass is 19.1. The fraction of sp³-hybridized carbons (Fsp3) is 0.125. The summed E-state index contributed by atoms with van der Waals surface area (Å²) < 4.78 is 13.7. The maximum Gasteiger partial charge on any atom is 0.259 e. The van der Waals surface area contributed by atoms with E-state index in [1.165, 1.54) is 18.3 Å². The highest BCUT2D eigenvalue weighted by Gasteiger charge is 2.12. The Morgan fingerprint density at radius 2 is 2.19 bits per heavy atom. The molecule has 0 atom stereocenters. The Morgan fingerprint density at radius 1 is 1.38 bits per heavy atom. The Bertz CT molecular complexity index is 732. The van der Waals surface area contributed by atoms with Gasteiger partial charge >= 0.3 is 0 Å². The molecule has 1 aromatic carbocycles. The van der Waals surface area contributed by atoms with E-state index < -0.39 is 11.7 Å². The minimum atomic E-state index is -0.563. The lowest BCUT2D eigenvalue weighted by Crippen LogP contribution is -2.14. The van der Waals surface area contributed by atoms with Crippen molar-refractivity contribution in [2.75, 3.05) is 11.9 Å². The number of pyridine rings is 1. The van der Waals surface area contributed by atoms with Gasteiger partial charge in [0, 0.05) is 11.8 Å². The monoisotopic (exact) mass is 283 g/mol. The van der Waals surface area contributed by atoms with Gasteiger partial charge < -0.3 is 11.1 Å². The molecular formula is C16H14FN3O. The van der Waals surface area contributed by atoms with Crippen molar-refractivity contribution in [3.05, 3.63) is 59.0 Å². The van der Waals surface area contributed by atoms with Gasteiger partial charge in [0.1, 0.15) is 11.6 Å². The molecule has 0 unspecified atom stereocenters. The average molecular weight is 283 g/mol. The molecule has 3 N–H and O–H groups in total. The van der Waals surface area contributed by atoms with Crippen LogP contribution in [0, 0.1) is 24.6 Å². The Morgan fingerprint density at radius 3 is 2.90 bits per heavy atom. The molecule has 1 heterocycles. The number of nitrogens with zero attached hydrogens (tertiary/aromatic N) is 1. The maximum absolute atomic E-state index is 13.7. The molecule has 1 aromatic heterocycles. The molecule has 2 rings (SSSR count). The van der Waals surface area contributed by atoms with Gasteiger partial charge in [0.25, 0.3) is 5.91 Å². The molecule has 0 aliphatic carbocycles. The topological polar surface area (TPSA) is 68.0 Å². The average Bonchev–Trinajstić information content (AvgIpc) is 2.45. The van der Waals surface area contributed by atoms with Crippen molar-refractivity contribution >= 4 is 11.7 Å². The molecule has 0 fully saturated rings. The first kappa shape index (κ1) is 14.7. The first-order valence-electron chi connectivity index (χ1n) is 6.32. The summed E-state index contributed by atoms with van der Waals surface area (Å²) in [5.74, 6) is 4.74. The quantitative estimate of drug-likeness (QED) is 0.829. The first-order chi connectivity index (χ1) is 10.1.